The van der Waals surface area contributed by atoms with Crippen molar-refractivity contribution in [2.75, 3.05) is 26.2 Å². The maximum atomic E-state index is 13.0. The Morgan fingerprint density at radius 3 is 2.85 bits per heavy atom. The van der Waals surface area contributed by atoms with Gasteiger partial charge in [0.05, 0.1) is 11.1 Å². The van der Waals surface area contributed by atoms with Gasteiger partial charge in [0.1, 0.15) is 11.9 Å². The highest BCUT2D eigenvalue weighted by Gasteiger charge is 2.23. The molecular formula is C21H21FN4. The van der Waals surface area contributed by atoms with E-state index in [2.05, 4.69) is 27.3 Å². The molecule has 3 aromatic rings. The predicted octanol–water partition coefficient (Wildman–Crippen LogP) is 3.37. The third-order valence-electron chi connectivity index (χ3n) is 5.13. The van der Waals surface area contributed by atoms with Crippen molar-refractivity contribution < 1.29 is 4.39 Å². The van der Waals surface area contributed by atoms with Gasteiger partial charge in [0.15, 0.2) is 0 Å². The van der Waals surface area contributed by atoms with Gasteiger partial charge in [0.25, 0.3) is 0 Å². The van der Waals surface area contributed by atoms with Crippen LogP contribution < -0.4 is 5.32 Å². The lowest BCUT2D eigenvalue weighted by Crippen LogP contribution is -2.46. The molecule has 1 atom stereocenters. The quantitative estimate of drug-likeness (QED) is 0.760. The first-order valence-corrected chi connectivity index (χ1v) is 8.95. The number of para-hydroxylation sites is 1. The van der Waals surface area contributed by atoms with Crippen molar-refractivity contribution in [2.24, 2.45) is 0 Å². The summed E-state index contributed by atoms with van der Waals surface area (Å²) in [5.41, 5.74) is 4.09. The Hall–Kier alpha value is -2.68. The summed E-state index contributed by atoms with van der Waals surface area (Å²) in [6.07, 6.45) is 2.70. The number of nitriles is 1. The summed E-state index contributed by atoms with van der Waals surface area (Å²) in [4.78, 5) is 5.71. The lowest BCUT2D eigenvalue weighted by molar-refractivity contribution is 0.203. The van der Waals surface area contributed by atoms with Gasteiger partial charge in [0, 0.05) is 43.8 Å². The fourth-order valence-electron chi connectivity index (χ4n) is 3.72. The van der Waals surface area contributed by atoms with E-state index in [0.29, 0.717) is 5.56 Å². The topological polar surface area (TPSA) is 54.9 Å². The molecule has 2 aromatic carbocycles. The normalized spacial score (nSPS) is 18.1. The second-order valence-electron chi connectivity index (χ2n) is 6.77. The van der Waals surface area contributed by atoms with E-state index in [-0.39, 0.29) is 11.9 Å². The number of benzene rings is 2. The molecule has 26 heavy (non-hydrogen) atoms. The number of rotatable bonds is 4. The Balaban J connectivity index is 1.48. The zero-order valence-electron chi connectivity index (χ0n) is 14.5. The van der Waals surface area contributed by atoms with Crippen molar-refractivity contribution in [2.45, 2.75) is 12.5 Å². The maximum Gasteiger partial charge on any atom is 0.123 e. The lowest BCUT2D eigenvalue weighted by atomic mass is 10.0. The minimum Gasteiger partial charge on any atom is -0.360 e. The van der Waals surface area contributed by atoms with Crippen LogP contribution in [-0.2, 0) is 6.42 Å². The number of H-pyrrole nitrogens is 1. The molecule has 2 N–H and O–H groups in total. The lowest BCUT2D eigenvalue weighted by Gasteiger charge is -2.34. The third-order valence-corrected chi connectivity index (χ3v) is 5.13. The molecule has 0 radical (unpaired) electrons. The van der Waals surface area contributed by atoms with E-state index in [4.69, 9.17) is 0 Å². The fraction of sp³-hybridized carbons (Fsp3) is 0.286. The van der Waals surface area contributed by atoms with Crippen molar-refractivity contribution in [3.63, 3.8) is 0 Å². The molecule has 0 saturated carbocycles. The van der Waals surface area contributed by atoms with Crippen LogP contribution in [0.2, 0.25) is 0 Å². The Morgan fingerprint density at radius 1 is 1.19 bits per heavy atom. The van der Waals surface area contributed by atoms with Crippen LogP contribution in [0.25, 0.3) is 10.9 Å². The first-order valence-electron chi connectivity index (χ1n) is 8.95. The molecule has 0 amide bonds. The number of hydrogen-bond acceptors (Lipinski definition) is 3. The molecule has 0 bridgehead atoms. The molecule has 132 valence electrons. The highest BCUT2D eigenvalue weighted by molar-refractivity contribution is 5.88. The first kappa shape index (κ1) is 16.8. The third kappa shape index (κ3) is 3.34. The van der Waals surface area contributed by atoms with Crippen LogP contribution >= 0.6 is 0 Å². The highest BCUT2D eigenvalue weighted by atomic mass is 19.1. The summed E-state index contributed by atoms with van der Waals surface area (Å²) in [5.74, 6) is -0.188. The number of aromatic nitrogens is 1. The standard InChI is InChI=1S/C21H21FN4/c22-17-6-4-15(5-7-17)8-10-26-11-9-24-20(14-26)19-3-1-2-18-16(12-23)13-25-21(18)19/h1-7,13,20,24-25H,8-11,14H2. The minimum absolute atomic E-state index is 0.188. The summed E-state index contributed by atoms with van der Waals surface area (Å²) in [7, 11) is 0. The van der Waals surface area contributed by atoms with E-state index in [1.165, 1.54) is 17.7 Å². The highest BCUT2D eigenvalue weighted by Crippen LogP contribution is 2.27. The molecule has 1 aliphatic heterocycles. The molecule has 0 aliphatic carbocycles. The zero-order chi connectivity index (χ0) is 17.9. The average Bonchev–Trinajstić information content (AvgIpc) is 3.11. The smallest absolute Gasteiger partial charge is 0.123 e. The second-order valence-corrected chi connectivity index (χ2v) is 6.77. The van der Waals surface area contributed by atoms with Crippen LogP contribution in [0.4, 0.5) is 4.39 Å². The van der Waals surface area contributed by atoms with Crippen molar-refractivity contribution in [3.8, 4) is 6.07 Å². The molecule has 4 rings (SSSR count). The van der Waals surface area contributed by atoms with Crippen molar-refractivity contribution in [3.05, 3.63) is 71.2 Å². The minimum atomic E-state index is -0.188. The van der Waals surface area contributed by atoms with Gasteiger partial charge < -0.3 is 10.3 Å². The number of aromatic amines is 1. The van der Waals surface area contributed by atoms with Gasteiger partial charge in [-0.2, -0.15) is 5.26 Å². The molecule has 4 nitrogen and oxygen atoms in total. The summed E-state index contributed by atoms with van der Waals surface area (Å²) in [6, 6.07) is 15.4. The number of fused-ring (bicyclic) bond motifs is 1. The van der Waals surface area contributed by atoms with Crippen molar-refractivity contribution in [1.29, 1.82) is 5.26 Å². The Bertz CT molecular complexity index is 939. The fourth-order valence-corrected chi connectivity index (χ4v) is 3.72. The number of piperazine rings is 1. The maximum absolute atomic E-state index is 13.0. The zero-order valence-corrected chi connectivity index (χ0v) is 14.5. The van der Waals surface area contributed by atoms with Gasteiger partial charge in [-0.25, -0.2) is 4.39 Å². The molecule has 2 heterocycles. The van der Waals surface area contributed by atoms with Gasteiger partial charge in [-0.05, 0) is 29.7 Å². The summed E-state index contributed by atoms with van der Waals surface area (Å²) >= 11 is 0. The van der Waals surface area contributed by atoms with Crippen LogP contribution in [0.3, 0.4) is 0 Å². The van der Waals surface area contributed by atoms with Gasteiger partial charge in [-0.3, -0.25) is 4.90 Å². The van der Waals surface area contributed by atoms with Gasteiger partial charge in [0.2, 0.25) is 0 Å². The predicted molar refractivity (Wildman–Crippen MR) is 100 cm³/mol. The van der Waals surface area contributed by atoms with Crippen LogP contribution in [0.5, 0.6) is 0 Å². The number of nitrogens with one attached hydrogen (secondary N) is 2. The molecule has 1 unspecified atom stereocenters. The monoisotopic (exact) mass is 348 g/mol. The molecule has 1 aromatic heterocycles. The van der Waals surface area contributed by atoms with Crippen molar-refractivity contribution >= 4 is 10.9 Å². The molecule has 1 fully saturated rings. The van der Waals surface area contributed by atoms with E-state index in [0.717, 1.165) is 49.1 Å². The van der Waals surface area contributed by atoms with Gasteiger partial charge in [-0.15, -0.1) is 0 Å². The molecule has 0 spiro atoms. The second kappa shape index (κ2) is 7.28. The number of nitrogens with zero attached hydrogens (tertiary/aromatic N) is 2. The van der Waals surface area contributed by atoms with Crippen LogP contribution in [0, 0.1) is 17.1 Å². The SMILES string of the molecule is N#Cc1c[nH]c2c(C3CN(CCc4ccc(F)cc4)CCN3)cccc12. The van der Waals surface area contributed by atoms with Crippen LogP contribution in [0.1, 0.15) is 22.7 Å². The van der Waals surface area contributed by atoms with E-state index in [1.54, 1.807) is 6.20 Å². The molecular weight excluding hydrogens is 327 g/mol. The van der Waals surface area contributed by atoms with Crippen LogP contribution in [-0.4, -0.2) is 36.1 Å². The van der Waals surface area contributed by atoms with Crippen molar-refractivity contribution in [1.82, 2.24) is 15.2 Å². The Labute approximate surface area is 152 Å². The van der Waals surface area contributed by atoms with E-state index in [1.807, 2.05) is 24.3 Å². The first-order chi connectivity index (χ1) is 12.7. The van der Waals surface area contributed by atoms with Gasteiger partial charge in [-0.1, -0.05) is 30.3 Å². The number of hydrogen-bond donors (Lipinski definition) is 2. The van der Waals surface area contributed by atoms with Crippen LogP contribution in [0.15, 0.2) is 48.7 Å². The van der Waals surface area contributed by atoms with E-state index in [9.17, 15) is 9.65 Å². The molecule has 1 saturated heterocycles. The average molecular weight is 348 g/mol. The van der Waals surface area contributed by atoms with E-state index >= 15 is 0 Å². The molecule has 5 heteroatoms. The Morgan fingerprint density at radius 2 is 2.04 bits per heavy atom. The Kier molecular flexibility index (Phi) is 4.70. The van der Waals surface area contributed by atoms with Gasteiger partial charge >= 0.3 is 0 Å². The molecule has 1 aliphatic rings. The summed E-state index contributed by atoms with van der Waals surface area (Å²) in [5, 5.41) is 13.8. The largest absolute Gasteiger partial charge is 0.360 e. The van der Waals surface area contributed by atoms with E-state index < -0.39 is 0 Å². The summed E-state index contributed by atoms with van der Waals surface area (Å²) in [6.45, 7) is 3.80. The summed E-state index contributed by atoms with van der Waals surface area (Å²) < 4.78 is 13.0. The number of halogens is 1.